The van der Waals surface area contributed by atoms with E-state index in [1.807, 2.05) is 0 Å². The molecule has 1 saturated heterocycles. The zero-order chi connectivity index (χ0) is 19.4. The van der Waals surface area contributed by atoms with Crippen molar-refractivity contribution in [1.29, 1.82) is 0 Å². The predicted molar refractivity (Wildman–Crippen MR) is 102 cm³/mol. The first-order chi connectivity index (χ1) is 12.8. The lowest BCUT2D eigenvalue weighted by Crippen LogP contribution is -2.38. The second-order valence-corrected chi connectivity index (χ2v) is 9.39. The number of nitrogens with one attached hydrogen (secondary N) is 1. The molecule has 1 aromatic heterocycles. The zero-order valence-corrected chi connectivity index (χ0v) is 16.4. The molecule has 146 valence electrons. The number of amides is 1. The maximum Gasteiger partial charge on any atom is 0.258 e. The summed E-state index contributed by atoms with van der Waals surface area (Å²) in [5, 5.41) is 1.42. The Kier molecular flexibility index (Phi) is 6.25. The predicted octanol–water partition coefficient (Wildman–Crippen LogP) is 2.18. The summed E-state index contributed by atoms with van der Waals surface area (Å²) in [5.74, 6) is -0.605. The van der Waals surface area contributed by atoms with E-state index in [0.29, 0.717) is 6.54 Å². The fourth-order valence-corrected chi connectivity index (χ4v) is 5.34. The highest BCUT2D eigenvalue weighted by atomic mass is 32.2. The van der Waals surface area contributed by atoms with Gasteiger partial charge in [-0.05, 0) is 55.6 Å². The standard InChI is InChI=1S/C18H22FN3O3S2/c19-15-3-1-14(2-4-15)11-22-7-5-13(6-8-22)10-21-27(24,25)16-9-17(18(20)23)26-12-16/h1-4,9,12-13,21H,5-8,10-11H2,(H2,20,23). The number of carbonyl (C=O) groups is 1. The number of likely N-dealkylation sites (tertiary alicyclic amines) is 1. The molecule has 1 aromatic carbocycles. The minimum absolute atomic E-state index is 0.0787. The van der Waals surface area contributed by atoms with Crippen LogP contribution in [0.5, 0.6) is 0 Å². The van der Waals surface area contributed by atoms with Gasteiger partial charge in [-0.25, -0.2) is 17.5 Å². The van der Waals surface area contributed by atoms with E-state index in [0.717, 1.165) is 49.4 Å². The summed E-state index contributed by atoms with van der Waals surface area (Å²) in [5.41, 5.74) is 6.24. The van der Waals surface area contributed by atoms with Gasteiger partial charge in [-0.2, -0.15) is 0 Å². The third-order valence-corrected chi connectivity index (χ3v) is 7.21. The SMILES string of the molecule is NC(=O)c1cc(S(=O)(=O)NCC2CCN(Cc3ccc(F)cc3)CC2)cs1. The van der Waals surface area contributed by atoms with Gasteiger partial charge in [0.25, 0.3) is 5.91 Å². The normalized spacial score (nSPS) is 16.5. The summed E-state index contributed by atoms with van der Waals surface area (Å²) < 4.78 is 40.3. The molecule has 0 aliphatic carbocycles. The maximum absolute atomic E-state index is 13.0. The van der Waals surface area contributed by atoms with E-state index in [2.05, 4.69) is 9.62 Å². The van der Waals surface area contributed by atoms with Crippen molar-refractivity contribution in [1.82, 2.24) is 9.62 Å². The van der Waals surface area contributed by atoms with Gasteiger partial charge in [0, 0.05) is 18.5 Å². The van der Waals surface area contributed by atoms with E-state index in [1.54, 1.807) is 12.1 Å². The van der Waals surface area contributed by atoms with Crippen LogP contribution in [0.15, 0.2) is 40.6 Å². The molecule has 3 rings (SSSR count). The Hall–Kier alpha value is -1.81. The third-order valence-electron chi connectivity index (χ3n) is 4.72. The Morgan fingerprint density at radius 2 is 1.93 bits per heavy atom. The fraction of sp³-hybridized carbons (Fsp3) is 0.389. The van der Waals surface area contributed by atoms with Gasteiger partial charge < -0.3 is 5.73 Å². The molecule has 0 spiro atoms. The minimum Gasteiger partial charge on any atom is -0.365 e. The maximum atomic E-state index is 13.0. The average molecular weight is 412 g/mol. The molecule has 2 heterocycles. The van der Waals surface area contributed by atoms with Crippen LogP contribution in [0.2, 0.25) is 0 Å². The molecule has 1 amide bonds. The molecule has 2 aromatic rings. The molecular weight excluding hydrogens is 389 g/mol. The van der Waals surface area contributed by atoms with Crippen molar-refractivity contribution >= 4 is 27.3 Å². The van der Waals surface area contributed by atoms with Crippen molar-refractivity contribution in [2.24, 2.45) is 11.7 Å². The summed E-state index contributed by atoms with van der Waals surface area (Å²) in [4.78, 5) is 13.7. The van der Waals surface area contributed by atoms with Crippen LogP contribution in [0.1, 0.15) is 28.1 Å². The van der Waals surface area contributed by atoms with Gasteiger partial charge in [-0.1, -0.05) is 12.1 Å². The first-order valence-electron chi connectivity index (χ1n) is 8.68. The van der Waals surface area contributed by atoms with E-state index in [1.165, 1.54) is 23.6 Å². The Morgan fingerprint density at radius 3 is 2.52 bits per heavy atom. The Morgan fingerprint density at radius 1 is 1.26 bits per heavy atom. The topological polar surface area (TPSA) is 92.5 Å². The summed E-state index contributed by atoms with van der Waals surface area (Å²) in [6, 6.07) is 7.81. The quantitative estimate of drug-likeness (QED) is 0.730. The molecule has 1 fully saturated rings. The number of carbonyl (C=O) groups excluding carboxylic acids is 1. The number of nitrogens with two attached hydrogens (primary N) is 1. The number of benzene rings is 1. The van der Waals surface area contributed by atoms with Crippen LogP contribution < -0.4 is 10.5 Å². The number of thiophene rings is 1. The van der Waals surface area contributed by atoms with Gasteiger partial charge in [0.15, 0.2) is 0 Å². The molecule has 1 aliphatic rings. The Balaban J connectivity index is 1.47. The van der Waals surface area contributed by atoms with E-state index in [-0.39, 0.29) is 21.5 Å². The molecule has 9 heteroatoms. The van der Waals surface area contributed by atoms with Crippen LogP contribution in [0.3, 0.4) is 0 Å². The van der Waals surface area contributed by atoms with Gasteiger partial charge in [-0.3, -0.25) is 9.69 Å². The second kappa shape index (κ2) is 8.47. The molecule has 0 radical (unpaired) electrons. The molecule has 0 bridgehead atoms. The average Bonchev–Trinajstić information content (AvgIpc) is 3.15. The van der Waals surface area contributed by atoms with Crippen LogP contribution >= 0.6 is 11.3 Å². The Labute approximate surface area is 162 Å². The van der Waals surface area contributed by atoms with Crippen LogP contribution in [0.4, 0.5) is 4.39 Å². The first kappa shape index (κ1) is 19.9. The van der Waals surface area contributed by atoms with Gasteiger partial charge in [-0.15, -0.1) is 11.3 Å². The molecule has 0 atom stereocenters. The number of sulfonamides is 1. The zero-order valence-electron chi connectivity index (χ0n) is 14.7. The van der Waals surface area contributed by atoms with Crippen molar-refractivity contribution in [3.8, 4) is 0 Å². The van der Waals surface area contributed by atoms with Crippen LogP contribution in [-0.4, -0.2) is 38.9 Å². The lowest BCUT2D eigenvalue weighted by Gasteiger charge is -2.32. The number of piperidine rings is 1. The van der Waals surface area contributed by atoms with Gasteiger partial charge in [0.05, 0.1) is 9.77 Å². The second-order valence-electron chi connectivity index (χ2n) is 6.71. The lowest BCUT2D eigenvalue weighted by molar-refractivity contribution is 0.100. The Bertz CT molecular complexity index is 889. The van der Waals surface area contributed by atoms with E-state index < -0.39 is 15.9 Å². The van der Waals surface area contributed by atoms with Crippen molar-refractivity contribution in [2.75, 3.05) is 19.6 Å². The number of primary amides is 1. The van der Waals surface area contributed by atoms with Gasteiger partial charge in [0.1, 0.15) is 5.82 Å². The molecule has 1 aliphatic heterocycles. The third kappa shape index (κ3) is 5.35. The summed E-state index contributed by atoms with van der Waals surface area (Å²) >= 11 is 1.02. The molecule has 0 unspecified atom stereocenters. The van der Waals surface area contributed by atoms with Gasteiger partial charge >= 0.3 is 0 Å². The van der Waals surface area contributed by atoms with Crippen LogP contribution in [-0.2, 0) is 16.6 Å². The van der Waals surface area contributed by atoms with Crippen molar-refractivity contribution < 1.29 is 17.6 Å². The van der Waals surface area contributed by atoms with E-state index in [4.69, 9.17) is 5.73 Å². The molecular formula is C18H22FN3O3S2. The van der Waals surface area contributed by atoms with E-state index in [9.17, 15) is 17.6 Å². The highest BCUT2D eigenvalue weighted by molar-refractivity contribution is 7.89. The molecule has 3 N–H and O–H groups in total. The summed E-state index contributed by atoms with van der Waals surface area (Å²) in [6.45, 7) is 2.88. The molecule has 6 nitrogen and oxygen atoms in total. The fourth-order valence-electron chi connectivity index (χ4n) is 3.10. The summed E-state index contributed by atoms with van der Waals surface area (Å²) in [6.07, 6.45) is 1.78. The van der Waals surface area contributed by atoms with Crippen molar-refractivity contribution in [3.63, 3.8) is 0 Å². The van der Waals surface area contributed by atoms with Crippen molar-refractivity contribution in [2.45, 2.75) is 24.3 Å². The summed E-state index contributed by atoms with van der Waals surface area (Å²) in [7, 11) is -3.63. The highest BCUT2D eigenvalue weighted by Gasteiger charge is 2.23. The van der Waals surface area contributed by atoms with Crippen molar-refractivity contribution in [3.05, 3.63) is 52.0 Å². The number of halogens is 1. The highest BCUT2D eigenvalue weighted by Crippen LogP contribution is 2.21. The largest absolute Gasteiger partial charge is 0.365 e. The number of nitrogens with zero attached hydrogens (tertiary/aromatic N) is 1. The van der Waals surface area contributed by atoms with Crippen LogP contribution in [0.25, 0.3) is 0 Å². The smallest absolute Gasteiger partial charge is 0.258 e. The monoisotopic (exact) mass is 411 g/mol. The minimum atomic E-state index is -3.63. The van der Waals surface area contributed by atoms with E-state index >= 15 is 0 Å². The molecule has 0 saturated carbocycles. The number of hydrogen-bond acceptors (Lipinski definition) is 5. The lowest BCUT2D eigenvalue weighted by atomic mass is 9.97. The first-order valence-corrected chi connectivity index (χ1v) is 11.0. The number of hydrogen-bond donors (Lipinski definition) is 2. The number of rotatable bonds is 7. The van der Waals surface area contributed by atoms with Crippen LogP contribution in [0, 0.1) is 11.7 Å². The van der Waals surface area contributed by atoms with Gasteiger partial charge in [0.2, 0.25) is 10.0 Å². The molecule has 27 heavy (non-hydrogen) atoms.